The monoisotopic (exact) mass is 411 g/mol. The first kappa shape index (κ1) is 19.0. The molecular formula is C21H21N3O2S2. The summed E-state index contributed by atoms with van der Waals surface area (Å²) < 4.78 is 1.61. The number of nitrogens with zero attached hydrogens (tertiary/aromatic N) is 3. The summed E-state index contributed by atoms with van der Waals surface area (Å²) in [4.78, 5) is 33.8. The third-order valence-electron chi connectivity index (χ3n) is 4.77. The Morgan fingerprint density at radius 2 is 2.00 bits per heavy atom. The van der Waals surface area contributed by atoms with Gasteiger partial charge in [0.1, 0.15) is 4.83 Å². The van der Waals surface area contributed by atoms with E-state index in [1.807, 2.05) is 41.3 Å². The van der Waals surface area contributed by atoms with Crippen molar-refractivity contribution in [2.45, 2.75) is 24.5 Å². The van der Waals surface area contributed by atoms with E-state index in [2.05, 4.69) is 6.58 Å². The lowest BCUT2D eigenvalue weighted by molar-refractivity contribution is -0.127. The van der Waals surface area contributed by atoms with Crippen LogP contribution in [0.5, 0.6) is 0 Å². The van der Waals surface area contributed by atoms with E-state index in [1.165, 1.54) is 23.1 Å². The van der Waals surface area contributed by atoms with Crippen molar-refractivity contribution in [3.05, 3.63) is 59.4 Å². The highest BCUT2D eigenvalue weighted by atomic mass is 32.2. The molecule has 1 amide bonds. The summed E-state index contributed by atoms with van der Waals surface area (Å²) in [7, 11) is 0. The van der Waals surface area contributed by atoms with E-state index in [1.54, 1.807) is 10.6 Å². The molecule has 0 N–H and O–H groups in total. The Labute approximate surface area is 171 Å². The molecule has 0 spiro atoms. The Bertz CT molecular complexity index is 1070. The van der Waals surface area contributed by atoms with Crippen LogP contribution in [0, 0.1) is 0 Å². The summed E-state index contributed by atoms with van der Waals surface area (Å²) in [6, 6.07) is 11.9. The van der Waals surface area contributed by atoms with Crippen LogP contribution in [0.2, 0.25) is 0 Å². The van der Waals surface area contributed by atoms with Crippen molar-refractivity contribution < 1.29 is 4.79 Å². The fraction of sp³-hybridized carbons (Fsp3) is 0.286. The maximum Gasteiger partial charge on any atom is 0.263 e. The van der Waals surface area contributed by atoms with E-state index < -0.39 is 0 Å². The molecule has 3 heterocycles. The summed E-state index contributed by atoms with van der Waals surface area (Å²) in [5.41, 5.74) is 0.984. The van der Waals surface area contributed by atoms with Gasteiger partial charge in [-0.3, -0.25) is 14.2 Å². The van der Waals surface area contributed by atoms with Crippen molar-refractivity contribution in [1.82, 2.24) is 14.5 Å². The number of allylic oxidation sites excluding steroid dienone is 1. The molecule has 0 aliphatic carbocycles. The van der Waals surface area contributed by atoms with Crippen LogP contribution in [0.15, 0.2) is 59.0 Å². The van der Waals surface area contributed by atoms with Crippen LogP contribution in [0.25, 0.3) is 20.7 Å². The molecule has 28 heavy (non-hydrogen) atoms. The molecule has 0 saturated carbocycles. The smallest absolute Gasteiger partial charge is 0.263 e. The van der Waals surface area contributed by atoms with Crippen LogP contribution in [-0.2, 0) is 11.3 Å². The minimum atomic E-state index is -0.0838. The SMILES string of the molecule is C=CCn1c(SCC(=O)N2CCCC2)nc2sc(-c3ccccc3)cc2c1=O. The van der Waals surface area contributed by atoms with Crippen LogP contribution in [0.4, 0.5) is 0 Å². The first-order valence-electron chi connectivity index (χ1n) is 9.28. The second-order valence-corrected chi connectivity index (χ2v) is 8.64. The van der Waals surface area contributed by atoms with Gasteiger partial charge in [0, 0.05) is 24.5 Å². The fourth-order valence-corrected chi connectivity index (χ4v) is 5.32. The minimum Gasteiger partial charge on any atom is -0.342 e. The molecule has 2 aromatic heterocycles. The minimum absolute atomic E-state index is 0.0838. The number of carbonyl (C=O) groups excluding carboxylic acids is 1. The average molecular weight is 412 g/mol. The molecule has 0 radical (unpaired) electrons. The van der Waals surface area contributed by atoms with E-state index in [9.17, 15) is 9.59 Å². The van der Waals surface area contributed by atoms with E-state index in [0.717, 1.165) is 36.4 Å². The molecule has 0 bridgehead atoms. The third kappa shape index (κ3) is 3.77. The van der Waals surface area contributed by atoms with E-state index in [-0.39, 0.29) is 11.5 Å². The maximum absolute atomic E-state index is 13.1. The van der Waals surface area contributed by atoms with Gasteiger partial charge < -0.3 is 4.90 Å². The lowest BCUT2D eigenvalue weighted by Gasteiger charge is -2.15. The number of carbonyl (C=O) groups is 1. The second kappa shape index (κ2) is 8.32. The predicted molar refractivity (Wildman–Crippen MR) is 116 cm³/mol. The highest BCUT2D eigenvalue weighted by Gasteiger charge is 2.20. The molecule has 1 saturated heterocycles. The van der Waals surface area contributed by atoms with E-state index in [4.69, 9.17) is 4.98 Å². The zero-order valence-electron chi connectivity index (χ0n) is 15.5. The summed E-state index contributed by atoms with van der Waals surface area (Å²) in [5.74, 6) is 0.407. The van der Waals surface area contributed by atoms with Gasteiger partial charge in [-0.1, -0.05) is 48.2 Å². The van der Waals surface area contributed by atoms with Gasteiger partial charge >= 0.3 is 0 Å². The number of amides is 1. The van der Waals surface area contributed by atoms with Gasteiger partial charge in [0.15, 0.2) is 5.16 Å². The van der Waals surface area contributed by atoms with Crippen LogP contribution in [-0.4, -0.2) is 39.2 Å². The largest absolute Gasteiger partial charge is 0.342 e. The van der Waals surface area contributed by atoms with Crippen LogP contribution < -0.4 is 5.56 Å². The van der Waals surface area contributed by atoms with Gasteiger partial charge in [0.2, 0.25) is 5.91 Å². The number of benzene rings is 1. The molecule has 0 unspecified atom stereocenters. The molecule has 4 rings (SSSR count). The summed E-state index contributed by atoms with van der Waals surface area (Å²) >= 11 is 2.84. The lowest BCUT2D eigenvalue weighted by atomic mass is 10.2. The summed E-state index contributed by atoms with van der Waals surface area (Å²) in [5, 5.41) is 1.19. The van der Waals surface area contributed by atoms with Crippen molar-refractivity contribution in [2.24, 2.45) is 0 Å². The van der Waals surface area contributed by atoms with Crippen molar-refractivity contribution in [3.8, 4) is 10.4 Å². The highest BCUT2D eigenvalue weighted by molar-refractivity contribution is 7.99. The zero-order valence-corrected chi connectivity index (χ0v) is 17.1. The molecule has 3 aromatic rings. The van der Waals surface area contributed by atoms with E-state index >= 15 is 0 Å². The van der Waals surface area contributed by atoms with Crippen LogP contribution >= 0.6 is 23.1 Å². The van der Waals surface area contributed by atoms with Crippen LogP contribution in [0.3, 0.4) is 0 Å². The van der Waals surface area contributed by atoms with Crippen molar-refractivity contribution in [1.29, 1.82) is 0 Å². The van der Waals surface area contributed by atoms with Crippen molar-refractivity contribution in [2.75, 3.05) is 18.8 Å². The topological polar surface area (TPSA) is 55.2 Å². The van der Waals surface area contributed by atoms with Gasteiger partial charge in [-0.05, 0) is 24.5 Å². The number of likely N-dealkylation sites (tertiary alicyclic amines) is 1. The number of thiophene rings is 1. The number of fused-ring (bicyclic) bond motifs is 1. The number of hydrogen-bond donors (Lipinski definition) is 0. The Hall–Kier alpha value is -2.38. The number of aromatic nitrogens is 2. The molecule has 0 atom stereocenters. The fourth-order valence-electron chi connectivity index (χ4n) is 3.33. The quantitative estimate of drug-likeness (QED) is 0.349. The molecule has 1 aromatic carbocycles. The normalized spacial score (nSPS) is 13.9. The Morgan fingerprint density at radius 1 is 1.25 bits per heavy atom. The molecular weight excluding hydrogens is 390 g/mol. The highest BCUT2D eigenvalue weighted by Crippen LogP contribution is 2.32. The standard InChI is InChI=1S/C21H21N3O2S2/c1-2-10-24-20(26)16-13-17(15-8-4-3-5-9-15)28-19(16)22-21(24)27-14-18(25)23-11-6-7-12-23/h2-5,8-9,13H,1,6-7,10-12,14H2. The summed E-state index contributed by atoms with van der Waals surface area (Å²) in [6.45, 7) is 5.79. The Balaban J connectivity index is 1.68. The molecule has 5 nitrogen and oxygen atoms in total. The van der Waals surface area contributed by atoms with Crippen molar-refractivity contribution >= 4 is 39.2 Å². The van der Waals surface area contributed by atoms with Crippen LogP contribution in [0.1, 0.15) is 12.8 Å². The van der Waals surface area contributed by atoms with Gasteiger partial charge in [-0.25, -0.2) is 4.98 Å². The number of rotatable bonds is 6. The first-order valence-corrected chi connectivity index (χ1v) is 11.1. The summed E-state index contributed by atoms with van der Waals surface area (Å²) in [6.07, 6.45) is 3.82. The van der Waals surface area contributed by atoms with Gasteiger partial charge in [0.25, 0.3) is 5.56 Å². The Morgan fingerprint density at radius 3 is 2.71 bits per heavy atom. The van der Waals surface area contributed by atoms with Gasteiger partial charge in [-0.15, -0.1) is 17.9 Å². The lowest BCUT2D eigenvalue weighted by Crippen LogP contribution is -2.29. The third-order valence-corrected chi connectivity index (χ3v) is 6.81. The maximum atomic E-state index is 13.1. The molecule has 144 valence electrons. The Kier molecular flexibility index (Phi) is 5.64. The predicted octanol–water partition coefficient (Wildman–Crippen LogP) is 4.03. The molecule has 1 aliphatic rings. The number of thioether (sulfide) groups is 1. The zero-order chi connectivity index (χ0) is 19.5. The average Bonchev–Trinajstić information content (AvgIpc) is 3.39. The van der Waals surface area contributed by atoms with Gasteiger partial charge in [0.05, 0.1) is 11.1 Å². The molecule has 7 heteroatoms. The van der Waals surface area contributed by atoms with Crippen molar-refractivity contribution in [3.63, 3.8) is 0 Å². The number of hydrogen-bond acceptors (Lipinski definition) is 5. The van der Waals surface area contributed by atoms with Gasteiger partial charge in [-0.2, -0.15) is 0 Å². The van der Waals surface area contributed by atoms with E-state index in [0.29, 0.717) is 27.7 Å². The first-order chi connectivity index (χ1) is 13.7. The molecule has 1 fully saturated rings. The molecule has 1 aliphatic heterocycles. The second-order valence-electron chi connectivity index (χ2n) is 6.67.